The molecule has 0 heterocycles. The van der Waals surface area contributed by atoms with Crippen molar-refractivity contribution in [2.75, 3.05) is 6.61 Å². The van der Waals surface area contributed by atoms with Gasteiger partial charge in [0, 0.05) is 29.2 Å². The number of hydrogen-bond acceptors (Lipinski definition) is 5. The number of carbonyl (C=O) groups excluding carboxylic acids is 3. The minimum Gasteiger partial charge on any atom is -0.457 e. The van der Waals surface area contributed by atoms with E-state index in [0.717, 1.165) is 24.8 Å². The fourth-order valence-electron chi connectivity index (χ4n) is 6.57. The molecule has 0 aliphatic heterocycles. The summed E-state index contributed by atoms with van der Waals surface area (Å²) in [6.07, 6.45) is 9.91. The third-order valence-corrected chi connectivity index (χ3v) is 7.78. The summed E-state index contributed by atoms with van der Waals surface area (Å²) in [5.41, 5.74) is 1.13. The zero-order chi connectivity index (χ0) is 20.3. The summed E-state index contributed by atoms with van der Waals surface area (Å²) in [4.78, 5) is 35.7. The van der Waals surface area contributed by atoms with Gasteiger partial charge in [-0.2, -0.15) is 0 Å². The minimum absolute atomic E-state index is 0.0296. The minimum atomic E-state index is -0.555. The molecule has 2 saturated carbocycles. The van der Waals surface area contributed by atoms with Crippen molar-refractivity contribution >= 4 is 17.5 Å². The average molecular weight is 384 g/mol. The van der Waals surface area contributed by atoms with Gasteiger partial charge >= 0.3 is 5.97 Å². The molecule has 0 saturated heterocycles. The van der Waals surface area contributed by atoms with E-state index in [-0.39, 0.29) is 41.3 Å². The summed E-state index contributed by atoms with van der Waals surface area (Å²) >= 11 is 0. The van der Waals surface area contributed by atoms with Crippen molar-refractivity contribution in [3.8, 4) is 0 Å². The molecule has 2 fully saturated rings. The predicted octanol–water partition coefficient (Wildman–Crippen LogP) is 2.93. The molecule has 0 amide bonds. The monoisotopic (exact) mass is 384 g/mol. The Morgan fingerprint density at radius 2 is 2.07 bits per heavy atom. The molecule has 4 rings (SSSR count). The number of ether oxygens (including phenoxy) is 1. The second-order valence-electron chi connectivity index (χ2n) is 9.27. The first kappa shape index (κ1) is 19.3. The molecule has 5 unspecified atom stereocenters. The van der Waals surface area contributed by atoms with Crippen LogP contribution in [0.15, 0.2) is 35.5 Å². The molecule has 4 aliphatic rings. The molecule has 150 valence electrons. The first-order valence-electron chi connectivity index (χ1n) is 10.2. The fourth-order valence-corrected chi connectivity index (χ4v) is 6.57. The van der Waals surface area contributed by atoms with Crippen LogP contribution in [0.3, 0.4) is 0 Å². The van der Waals surface area contributed by atoms with Crippen LogP contribution in [0.4, 0.5) is 0 Å². The third-order valence-electron chi connectivity index (χ3n) is 7.78. The van der Waals surface area contributed by atoms with Crippen LogP contribution in [0.25, 0.3) is 0 Å². The summed E-state index contributed by atoms with van der Waals surface area (Å²) in [6.45, 7) is 5.28. The van der Waals surface area contributed by atoms with Gasteiger partial charge in [-0.1, -0.05) is 31.6 Å². The largest absolute Gasteiger partial charge is 0.457 e. The normalized spacial score (nSPS) is 41.4. The molecular weight excluding hydrogens is 356 g/mol. The Morgan fingerprint density at radius 1 is 1.32 bits per heavy atom. The Balaban J connectivity index is 1.63. The summed E-state index contributed by atoms with van der Waals surface area (Å²) in [5.74, 6) is 0.0194. The van der Waals surface area contributed by atoms with Gasteiger partial charge in [-0.05, 0) is 49.7 Å². The Kier molecular flexibility index (Phi) is 4.49. The number of ketones is 2. The van der Waals surface area contributed by atoms with Crippen LogP contribution in [0.1, 0.15) is 46.5 Å². The number of aliphatic hydroxyl groups excluding tert-OH is 1. The maximum absolute atomic E-state index is 12.7. The van der Waals surface area contributed by atoms with Crippen molar-refractivity contribution in [1.29, 1.82) is 0 Å². The van der Waals surface area contributed by atoms with Crippen LogP contribution in [-0.4, -0.2) is 35.4 Å². The fraction of sp³-hybridized carbons (Fsp3) is 0.609. The highest BCUT2D eigenvalue weighted by atomic mass is 16.5. The van der Waals surface area contributed by atoms with Crippen molar-refractivity contribution in [2.45, 2.75) is 52.6 Å². The Labute approximate surface area is 165 Å². The molecular formula is C23H28O5. The number of hydrogen-bond donors (Lipinski definition) is 1. The number of fused-ring (bicyclic) bond motifs is 5. The lowest BCUT2D eigenvalue weighted by molar-refractivity contribution is -0.145. The molecule has 0 radical (unpaired) electrons. The van der Waals surface area contributed by atoms with Gasteiger partial charge in [0.1, 0.15) is 0 Å². The number of carbonyl (C=O) groups is 3. The molecule has 5 nitrogen and oxygen atoms in total. The number of allylic oxidation sites excluding steroid dienone is 5. The van der Waals surface area contributed by atoms with Crippen molar-refractivity contribution in [1.82, 2.24) is 0 Å². The maximum Gasteiger partial charge on any atom is 0.303 e. The molecule has 0 aromatic carbocycles. The Bertz CT molecular complexity index is 834. The van der Waals surface area contributed by atoms with E-state index in [1.165, 1.54) is 6.92 Å². The number of esters is 1. The first-order chi connectivity index (χ1) is 13.2. The van der Waals surface area contributed by atoms with Crippen LogP contribution >= 0.6 is 0 Å². The quantitative estimate of drug-likeness (QED) is 0.757. The summed E-state index contributed by atoms with van der Waals surface area (Å²) in [7, 11) is 0. The van der Waals surface area contributed by atoms with Crippen molar-refractivity contribution in [2.24, 2.45) is 28.6 Å². The molecule has 0 bridgehead atoms. The number of rotatable bonds is 3. The summed E-state index contributed by atoms with van der Waals surface area (Å²) in [6, 6.07) is 0. The molecule has 1 N–H and O–H groups in total. The maximum atomic E-state index is 12.7. The van der Waals surface area contributed by atoms with E-state index in [1.54, 1.807) is 12.2 Å². The SMILES string of the molecule is CC(=O)OCC(=O)C1=CCC2[C@@H]3CCC4=CC(=O)C=CC4(C)C3C(O)CC12C. The van der Waals surface area contributed by atoms with Crippen molar-refractivity contribution in [3.05, 3.63) is 35.5 Å². The molecule has 0 aromatic heterocycles. The van der Waals surface area contributed by atoms with E-state index in [1.807, 2.05) is 12.2 Å². The van der Waals surface area contributed by atoms with Gasteiger partial charge < -0.3 is 9.84 Å². The van der Waals surface area contributed by atoms with Gasteiger partial charge in [0.25, 0.3) is 0 Å². The van der Waals surface area contributed by atoms with Crippen LogP contribution in [0.5, 0.6) is 0 Å². The molecule has 0 spiro atoms. The number of Topliss-reactive ketones (excluding diaryl/α,β-unsaturated/α-hetero) is 1. The predicted molar refractivity (Wildman–Crippen MR) is 103 cm³/mol. The van der Waals surface area contributed by atoms with E-state index in [4.69, 9.17) is 4.74 Å². The lowest BCUT2D eigenvalue weighted by atomic mass is 9.47. The van der Waals surface area contributed by atoms with Gasteiger partial charge in [0.15, 0.2) is 18.2 Å². The standard InChI is InChI=1S/C23H28O5/c1-13(24)28-12-20(27)18-7-6-17-16-5-4-14-10-15(25)8-9-22(14,2)21(16)19(26)11-23(17,18)3/h7-10,16-17,19,21,26H,4-6,11-12H2,1-3H3/t16-,17?,19?,21?,22?,23?/m0/s1. The second kappa shape index (κ2) is 6.51. The molecule has 5 heteroatoms. The molecule has 0 aromatic rings. The topological polar surface area (TPSA) is 80.7 Å². The van der Waals surface area contributed by atoms with Gasteiger partial charge in [0.05, 0.1) is 6.10 Å². The van der Waals surface area contributed by atoms with Crippen LogP contribution in [0.2, 0.25) is 0 Å². The van der Waals surface area contributed by atoms with Gasteiger partial charge in [-0.15, -0.1) is 0 Å². The van der Waals surface area contributed by atoms with Gasteiger partial charge in [-0.25, -0.2) is 0 Å². The van der Waals surface area contributed by atoms with Crippen molar-refractivity contribution in [3.63, 3.8) is 0 Å². The third kappa shape index (κ3) is 2.74. The Hall–Kier alpha value is -2.01. The highest BCUT2D eigenvalue weighted by Crippen LogP contribution is 2.64. The molecule has 28 heavy (non-hydrogen) atoms. The van der Waals surface area contributed by atoms with Gasteiger partial charge in [0.2, 0.25) is 0 Å². The van der Waals surface area contributed by atoms with E-state index in [2.05, 4.69) is 13.8 Å². The van der Waals surface area contributed by atoms with Crippen molar-refractivity contribution < 1.29 is 24.2 Å². The van der Waals surface area contributed by atoms with E-state index in [0.29, 0.717) is 12.0 Å². The summed E-state index contributed by atoms with van der Waals surface area (Å²) in [5, 5.41) is 11.2. The lowest BCUT2D eigenvalue weighted by Crippen LogP contribution is -2.55. The number of aliphatic hydroxyl groups is 1. The molecule has 6 atom stereocenters. The van der Waals surface area contributed by atoms with Gasteiger partial charge in [-0.3, -0.25) is 14.4 Å². The highest BCUT2D eigenvalue weighted by molar-refractivity contribution is 6.01. The van der Waals surface area contributed by atoms with E-state index >= 15 is 0 Å². The van der Waals surface area contributed by atoms with E-state index in [9.17, 15) is 19.5 Å². The highest BCUT2D eigenvalue weighted by Gasteiger charge is 2.60. The van der Waals surface area contributed by atoms with Crippen LogP contribution in [0, 0.1) is 28.6 Å². The van der Waals surface area contributed by atoms with E-state index < -0.39 is 17.5 Å². The summed E-state index contributed by atoms with van der Waals surface area (Å²) < 4.78 is 4.93. The first-order valence-corrected chi connectivity index (χ1v) is 10.2. The average Bonchev–Trinajstić information content (AvgIpc) is 2.96. The zero-order valence-electron chi connectivity index (χ0n) is 16.7. The second-order valence-corrected chi connectivity index (χ2v) is 9.27. The lowest BCUT2D eigenvalue weighted by Gasteiger charge is -2.58. The zero-order valence-corrected chi connectivity index (χ0v) is 16.7. The van der Waals surface area contributed by atoms with Crippen LogP contribution < -0.4 is 0 Å². The Morgan fingerprint density at radius 3 is 2.79 bits per heavy atom. The van der Waals surface area contributed by atoms with Crippen LogP contribution in [-0.2, 0) is 19.1 Å². The smallest absolute Gasteiger partial charge is 0.303 e. The molecule has 4 aliphatic carbocycles.